The van der Waals surface area contributed by atoms with E-state index in [2.05, 4.69) is 33.8 Å². The molecule has 0 radical (unpaired) electrons. The van der Waals surface area contributed by atoms with E-state index >= 15 is 0 Å². The Morgan fingerprint density at radius 1 is 1.00 bits per heavy atom. The SMILES string of the molecule is C[CH2][Pt]([CH2]C)([CH2]C)[C]1=C(C)C([Si](OC)(OC)OC)=CC1. The van der Waals surface area contributed by atoms with Crippen molar-refractivity contribution in [3.8, 4) is 0 Å². The first-order valence-electron chi connectivity index (χ1n) is 7.09. The van der Waals surface area contributed by atoms with Crippen LogP contribution >= 0.6 is 0 Å². The zero-order chi connectivity index (χ0) is 15.4. The Kier molecular flexibility index (Phi) is 6.87. The van der Waals surface area contributed by atoms with Gasteiger partial charge in [0.25, 0.3) is 0 Å². The number of allylic oxidation sites excluding steroid dienone is 4. The van der Waals surface area contributed by atoms with Crippen molar-refractivity contribution >= 4 is 8.80 Å². The minimum absolute atomic E-state index is 1.08. The van der Waals surface area contributed by atoms with Gasteiger partial charge >= 0.3 is 129 Å². The molecule has 0 aromatic rings. The average molecular weight is 482 g/mol. The van der Waals surface area contributed by atoms with Crippen molar-refractivity contribution in [1.82, 2.24) is 0 Å². The molecule has 122 valence electrons. The summed E-state index contributed by atoms with van der Waals surface area (Å²) >= 11 is -1.81. The van der Waals surface area contributed by atoms with Gasteiger partial charge in [-0.05, 0) is 0 Å². The molecule has 0 aromatic heterocycles. The van der Waals surface area contributed by atoms with Gasteiger partial charge in [0.1, 0.15) is 0 Å². The summed E-state index contributed by atoms with van der Waals surface area (Å²) in [5.41, 5.74) is 1.41. The van der Waals surface area contributed by atoms with Crippen LogP contribution in [0.15, 0.2) is 20.8 Å². The van der Waals surface area contributed by atoms with Gasteiger partial charge in [-0.25, -0.2) is 0 Å². The van der Waals surface area contributed by atoms with Gasteiger partial charge in [-0.3, -0.25) is 0 Å². The van der Waals surface area contributed by atoms with Crippen LogP contribution in [0.5, 0.6) is 0 Å². The van der Waals surface area contributed by atoms with E-state index in [4.69, 9.17) is 13.3 Å². The zero-order valence-corrected chi connectivity index (χ0v) is 17.2. The molecule has 0 aromatic carbocycles. The number of hydrogen-bond acceptors (Lipinski definition) is 3. The Hall–Kier alpha value is 0.265. The van der Waals surface area contributed by atoms with Gasteiger partial charge in [-0.15, -0.1) is 0 Å². The van der Waals surface area contributed by atoms with Crippen LogP contribution in [0.4, 0.5) is 0 Å². The normalized spacial score (nSPS) is 17.6. The summed E-state index contributed by atoms with van der Waals surface area (Å²) < 4.78 is 18.7. The molecule has 3 nitrogen and oxygen atoms in total. The Morgan fingerprint density at radius 3 is 1.80 bits per heavy atom. The van der Waals surface area contributed by atoms with E-state index in [1.165, 1.54) is 25.2 Å². The second-order valence-corrected chi connectivity index (χ2v) is 19.3. The van der Waals surface area contributed by atoms with Crippen LogP contribution in [0.1, 0.15) is 34.1 Å². The molecular formula is C15H30O3PtSi. The Morgan fingerprint density at radius 2 is 1.45 bits per heavy atom. The first-order valence-corrected chi connectivity index (χ1v) is 14.8. The topological polar surface area (TPSA) is 27.7 Å². The molecule has 0 saturated heterocycles. The molecule has 1 aliphatic rings. The second-order valence-electron chi connectivity index (χ2n) is 4.46. The molecule has 20 heavy (non-hydrogen) atoms. The summed E-state index contributed by atoms with van der Waals surface area (Å²) in [6.07, 6.45) is 3.38. The van der Waals surface area contributed by atoms with Crippen LogP contribution in [0.3, 0.4) is 0 Å². The van der Waals surface area contributed by atoms with E-state index < -0.39 is 24.9 Å². The number of hydrogen-bond donors (Lipinski definition) is 0. The van der Waals surface area contributed by atoms with Crippen molar-refractivity contribution < 1.29 is 29.3 Å². The molecule has 1 aliphatic carbocycles. The Bertz CT molecular complexity index is 356. The molecule has 0 fully saturated rings. The predicted octanol–water partition coefficient (Wildman–Crippen LogP) is 4.48. The van der Waals surface area contributed by atoms with Crippen molar-refractivity contribution in [2.24, 2.45) is 0 Å². The molecule has 0 spiro atoms. The first kappa shape index (κ1) is 18.3. The Balaban J connectivity index is 3.24. The average Bonchev–Trinajstić information content (AvgIpc) is 2.88. The van der Waals surface area contributed by atoms with Crippen molar-refractivity contribution in [2.75, 3.05) is 21.3 Å². The molecule has 0 aliphatic heterocycles. The molecule has 0 atom stereocenters. The van der Waals surface area contributed by atoms with E-state index in [9.17, 15) is 0 Å². The van der Waals surface area contributed by atoms with E-state index in [0.29, 0.717) is 0 Å². The van der Waals surface area contributed by atoms with Gasteiger partial charge in [0.05, 0.1) is 0 Å². The molecular weight excluding hydrogens is 451 g/mol. The summed E-state index contributed by atoms with van der Waals surface area (Å²) in [4.78, 5) is 4.07. The third kappa shape index (κ3) is 2.91. The third-order valence-electron chi connectivity index (χ3n) is 4.09. The molecule has 0 bridgehead atoms. The van der Waals surface area contributed by atoms with E-state index in [0.717, 1.165) is 6.42 Å². The fourth-order valence-electron chi connectivity index (χ4n) is 2.83. The third-order valence-corrected chi connectivity index (χ3v) is 20.4. The van der Waals surface area contributed by atoms with Gasteiger partial charge in [-0.2, -0.15) is 0 Å². The molecule has 0 heterocycles. The standard InChI is InChI=1S/C9H15O3Si.3C2H5.Pt/c1-8-6-5-7-9(8)13(10-2,11-3)12-4;3*1-2;/h7H,5H2,1-4H3;3*1H2,2H3;. The summed E-state index contributed by atoms with van der Waals surface area (Å²) in [6, 6.07) is 0. The van der Waals surface area contributed by atoms with Gasteiger partial charge < -0.3 is 0 Å². The van der Waals surface area contributed by atoms with Crippen molar-refractivity contribution in [2.45, 2.75) is 48.5 Å². The predicted molar refractivity (Wildman–Crippen MR) is 83.6 cm³/mol. The maximum absolute atomic E-state index is 5.66. The molecule has 1 rings (SSSR count). The van der Waals surface area contributed by atoms with Crippen LogP contribution in [-0.4, -0.2) is 30.1 Å². The summed E-state index contributed by atoms with van der Waals surface area (Å²) in [7, 11) is 2.41. The molecule has 5 heteroatoms. The quantitative estimate of drug-likeness (QED) is 0.479. The van der Waals surface area contributed by atoms with Gasteiger partial charge in [0, 0.05) is 0 Å². The van der Waals surface area contributed by atoms with Crippen molar-refractivity contribution in [1.29, 1.82) is 0 Å². The fourth-order valence-corrected chi connectivity index (χ4v) is 14.9. The van der Waals surface area contributed by atoms with Crippen molar-refractivity contribution in [3.05, 3.63) is 20.8 Å². The van der Waals surface area contributed by atoms with Crippen LogP contribution in [0.2, 0.25) is 14.4 Å². The summed E-state index contributed by atoms with van der Waals surface area (Å²) in [5.74, 6) is 0. The second kappa shape index (κ2) is 7.50. The van der Waals surface area contributed by atoms with E-state index in [1.54, 1.807) is 25.3 Å². The van der Waals surface area contributed by atoms with Crippen LogP contribution < -0.4 is 0 Å². The molecule has 0 saturated carbocycles. The van der Waals surface area contributed by atoms with E-state index in [-0.39, 0.29) is 0 Å². The number of rotatable bonds is 8. The van der Waals surface area contributed by atoms with Gasteiger partial charge in [-0.1, -0.05) is 0 Å². The van der Waals surface area contributed by atoms with Crippen LogP contribution in [0.25, 0.3) is 0 Å². The van der Waals surface area contributed by atoms with Crippen molar-refractivity contribution in [3.63, 3.8) is 0 Å². The monoisotopic (exact) mass is 481 g/mol. The minimum atomic E-state index is -2.67. The molecule has 0 N–H and O–H groups in total. The summed E-state index contributed by atoms with van der Waals surface area (Å²) in [6.45, 7) is 9.35. The van der Waals surface area contributed by atoms with Gasteiger partial charge in [0.15, 0.2) is 0 Å². The molecule has 0 unspecified atom stereocenters. The van der Waals surface area contributed by atoms with Crippen LogP contribution in [0, 0.1) is 0 Å². The Labute approximate surface area is 129 Å². The van der Waals surface area contributed by atoms with Crippen LogP contribution in [-0.2, 0) is 29.3 Å². The maximum atomic E-state index is 5.66. The first-order chi connectivity index (χ1) is 9.50. The summed E-state index contributed by atoms with van der Waals surface area (Å²) in [5, 5.41) is 1.20. The fraction of sp³-hybridized carbons (Fsp3) is 0.733. The molecule has 0 amide bonds. The van der Waals surface area contributed by atoms with E-state index in [1.807, 2.05) is 0 Å². The van der Waals surface area contributed by atoms with Gasteiger partial charge in [0.2, 0.25) is 0 Å². The zero-order valence-electron chi connectivity index (χ0n) is 13.9.